The molecule has 1 aliphatic carbocycles. The number of urea groups is 1. The SMILES string of the molecule is Cc1cccc(N2C(=O)CS/C2=N\C(=O)NC2=C(c3ccc(-c4ncn(-c5ccc(OC(F)(F)F)cc5)n4)cc3)CCC2)c1C(C)C. The maximum Gasteiger partial charge on any atom is 0.573 e. The molecule has 3 amide bonds. The molecule has 0 radical (unpaired) electrons. The van der Waals surface area contributed by atoms with Crippen molar-refractivity contribution in [2.75, 3.05) is 10.7 Å². The van der Waals surface area contributed by atoms with Crippen molar-refractivity contribution in [2.24, 2.45) is 4.99 Å². The monoisotopic (exact) mass is 660 g/mol. The van der Waals surface area contributed by atoms with Crippen LogP contribution in [0.3, 0.4) is 0 Å². The molecule has 9 nitrogen and oxygen atoms in total. The molecule has 47 heavy (non-hydrogen) atoms. The van der Waals surface area contributed by atoms with Gasteiger partial charge in [-0.25, -0.2) is 14.5 Å². The van der Waals surface area contributed by atoms with E-state index in [0.717, 1.165) is 52.1 Å². The van der Waals surface area contributed by atoms with E-state index in [4.69, 9.17) is 0 Å². The molecule has 3 aromatic carbocycles. The Kier molecular flexibility index (Phi) is 8.91. The summed E-state index contributed by atoms with van der Waals surface area (Å²) >= 11 is 1.25. The Balaban J connectivity index is 1.17. The molecule has 0 spiro atoms. The quantitative estimate of drug-likeness (QED) is 0.216. The van der Waals surface area contributed by atoms with Gasteiger partial charge in [0.2, 0.25) is 5.91 Å². The Morgan fingerprint density at radius 1 is 1.02 bits per heavy atom. The number of allylic oxidation sites excluding steroid dienone is 2. The van der Waals surface area contributed by atoms with Crippen molar-refractivity contribution >= 4 is 40.1 Å². The Bertz CT molecular complexity index is 1880. The lowest BCUT2D eigenvalue weighted by molar-refractivity contribution is -0.274. The molecule has 0 bridgehead atoms. The zero-order chi connectivity index (χ0) is 33.3. The van der Waals surface area contributed by atoms with Crippen molar-refractivity contribution < 1.29 is 27.5 Å². The van der Waals surface area contributed by atoms with E-state index in [1.54, 1.807) is 4.90 Å². The van der Waals surface area contributed by atoms with Gasteiger partial charge in [-0.2, -0.15) is 4.99 Å². The van der Waals surface area contributed by atoms with Crippen molar-refractivity contribution in [2.45, 2.75) is 52.3 Å². The Morgan fingerprint density at radius 3 is 2.45 bits per heavy atom. The number of thioether (sulfide) groups is 1. The highest BCUT2D eigenvalue weighted by Gasteiger charge is 2.33. The highest BCUT2D eigenvalue weighted by atomic mass is 32.2. The number of carbonyl (C=O) groups excluding carboxylic acids is 2. The van der Waals surface area contributed by atoms with Gasteiger partial charge >= 0.3 is 12.4 Å². The maximum absolute atomic E-state index is 13.2. The highest BCUT2D eigenvalue weighted by molar-refractivity contribution is 8.15. The van der Waals surface area contributed by atoms with Gasteiger partial charge in [0, 0.05) is 11.3 Å². The van der Waals surface area contributed by atoms with Crippen LogP contribution in [0.2, 0.25) is 0 Å². The summed E-state index contributed by atoms with van der Waals surface area (Å²) in [6.07, 6.45) is -0.925. The second kappa shape index (κ2) is 13.1. The normalized spacial score (nSPS) is 16.1. The van der Waals surface area contributed by atoms with Gasteiger partial charge < -0.3 is 10.1 Å². The molecule has 1 fully saturated rings. The van der Waals surface area contributed by atoms with Crippen LogP contribution in [0.4, 0.5) is 23.7 Å². The summed E-state index contributed by atoms with van der Waals surface area (Å²) in [7, 11) is 0. The fourth-order valence-corrected chi connectivity index (χ4v) is 6.74. The van der Waals surface area contributed by atoms with Gasteiger partial charge in [0.25, 0.3) is 0 Å². The van der Waals surface area contributed by atoms with Crippen LogP contribution >= 0.6 is 11.8 Å². The molecule has 2 aliphatic rings. The molecule has 1 N–H and O–H groups in total. The molecule has 242 valence electrons. The molecular weight excluding hydrogens is 629 g/mol. The summed E-state index contributed by atoms with van der Waals surface area (Å²) in [6, 6.07) is 18.3. The minimum absolute atomic E-state index is 0.109. The van der Waals surface area contributed by atoms with Crippen LogP contribution in [0.25, 0.3) is 22.6 Å². The minimum Gasteiger partial charge on any atom is -0.406 e. The lowest BCUT2D eigenvalue weighted by atomic mass is 9.95. The Morgan fingerprint density at radius 2 is 1.74 bits per heavy atom. The van der Waals surface area contributed by atoms with Crippen LogP contribution in [0.1, 0.15) is 55.7 Å². The van der Waals surface area contributed by atoms with Gasteiger partial charge in [0.1, 0.15) is 12.1 Å². The minimum atomic E-state index is -4.76. The van der Waals surface area contributed by atoms with Gasteiger partial charge in [0.05, 0.1) is 17.1 Å². The number of amidine groups is 1. The molecule has 2 heterocycles. The van der Waals surface area contributed by atoms with E-state index >= 15 is 0 Å². The van der Waals surface area contributed by atoms with Crippen LogP contribution < -0.4 is 15.0 Å². The molecule has 1 aromatic heterocycles. The smallest absolute Gasteiger partial charge is 0.406 e. The van der Waals surface area contributed by atoms with Crippen LogP contribution in [0.15, 0.2) is 83.7 Å². The number of amides is 3. The number of halogens is 3. The second-order valence-corrected chi connectivity index (χ2v) is 12.4. The predicted molar refractivity (Wildman–Crippen MR) is 175 cm³/mol. The van der Waals surface area contributed by atoms with E-state index in [2.05, 4.69) is 39.0 Å². The van der Waals surface area contributed by atoms with Crippen molar-refractivity contribution in [3.05, 3.63) is 95.4 Å². The van der Waals surface area contributed by atoms with E-state index < -0.39 is 12.4 Å². The van der Waals surface area contributed by atoms with Gasteiger partial charge in [0.15, 0.2) is 11.0 Å². The zero-order valence-corrected chi connectivity index (χ0v) is 26.7. The van der Waals surface area contributed by atoms with Gasteiger partial charge in [-0.1, -0.05) is 62.0 Å². The molecule has 1 saturated heterocycles. The Labute approximate surface area is 273 Å². The summed E-state index contributed by atoms with van der Waals surface area (Å²) in [5.41, 5.74) is 6.92. The third-order valence-electron chi connectivity index (χ3n) is 7.88. The number of carbonyl (C=O) groups is 2. The number of rotatable bonds is 7. The van der Waals surface area contributed by atoms with Gasteiger partial charge in [-0.05, 0) is 84.7 Å². The summed E-state index contributed by atoms with van der Waals surface area (Å²) in [6.45, 7) is 6.17. The predicted octanol–water partition coefficient (Wildman–Crippen LogP) is 8.01. The largest absolute Gasteiger partial charge is 0.573 e. The number of hydrogen-bond acceptors (Lipinski definition) is 6. The van der Waals surface area contributed by atoms with E-state index in [0.29, 0.717) is 23.1 Å². The fraction of sp³-hybridized carbons (Fsp3) is 0.265. The van der Waals surface area contributed by atoms with Crippen LogP contribution in [0, 0.1) is 6.92 Å². The number of benzene rings is 3. The topological polar surface area (TPSA) is 102 Å². The lowest BCUT2D eigenvalue weighted by Gasteiger charge is -2.23. The molecule has 0 unspecified atom stereocenters. The van der Waals surface area contributed by atoms with Crippen LogP contribution in [-0.4, -0.2) is 44.0 Å². The van der Waals surface area contributed by atoms with Crippen molar-refractivity contribution in [3.8, 4) is 22.8 Å². The molecule has 1 aliphatic heterocycles. The average molecular weight is 661 g/mol. The molecule has 0 saturated carbocycles. The molecule has 0 atom stereocenters. The summed E-state index contributed by atoms with van der Waals surface area (Å²) in [5.74, 6) is 0.417. The summed E-state index contributed by atoms with van der Waals surface area (Å²) in [5, 5.41) is 7.81. The number of nitrogens with one attached hydrogen (secondary N) is 1. The number of nitrogens with zero attached hydrogens (tertiary/aromatic N) is 5. The first-order valence-electron chi connectivity index (χ1n) is 15.0. The number of ether oxygens (including phenoxy) is 1. The van der Waals surface area contributed by atoms with Crippen molar-refractivity contribution in [1.29, 1.82) is 0 Å². The maximum atomic E-state index is 13.2. The summed E-state index contributed by atoms with van der Waals surface area (Å²) in [4.78, 5) is 36.3. The number of aryl methyl sites for hydroxylation is 1. The first-order valence-corrected chi connectivity index (χ1v) is 16.0. The van der Waals surface area contributed by atoms with E-state index in [1.807, 2.05) is 49.4 Å². The highest BCUT2D eigenvalue weighted by Crippen LogP contribution is 2.36. The summed E-state index contributed by atoms with van der Waals surface area (Å²) < 4.78 is 42.8. The number of anilines is 1. The first kappa shape index (κ1) is 32.0. The third kappa shape index (κ3) is 7.09. The van der Waals surface area contributed by atoms with Crippen molar-refractivity contribution in [1.82, 2.24) is 20.1 Å². The average Bonchev–Trinajstić information content (AvgIpc) is 3.77. The number of aromatic nitrogens is 3. The van der Waals surface area contributed by atoms with E-state index in [1.165, 1.54) is 47.0 Å². The van der Waals surface area contributed by atoms with Gasteiger partial charge in [-0.3, -0.25) is 9.69 Å². The van der Waals surface area contributed by atoms with Crippen molar-refractivity contribution in [3.63, 3.8) is 0 Å². The molecule has 6 rings (SSSR count). The standard InChI is InChI=1S/C34H31F3N6O3S/c1-20(2)30-21(3)6-4-9-28(30)43-29(44)18-47-33(43)40-32(45)39-27-8-5-7-26(27)22-10-12-23(13-11-22)31-38-19-42(41-31)24-14-16-25(17-15-24)46-34(35,36)37/h4,6,9-17,19-20H,5,7-8,18H2,1-3H3,(H,39,45)/b40-33-. The zero-order valence-electron chi connectivity index (χ0n) is 25.8. The van der Waals surface area contributed by atoms with E-state index in [-0.39, 0.29) is 23.3 Å². The van der Waals surface area contributed by atoms with E-state index in [9.17, 15) is 22.8 Å². The first-order chi connectivity index (χ1) is 22.5. The second-order valence-electron chi connectivity index (χ2n) is 11.4. The number of aliphatic imine (C=N–C) groups is 1. The molecular formula is C34H31F3N6O3S. The molecule has 4 aromatic rings. The molecule has 13 heteroatoms. The van der Waals surface area contributed by atoms with Crippen LogP contribution in [-0.2, 0) is 4.79 Å². The fourth-order valence-electron chi connectivity index (χ4n) is 5.88. The van der Waals surface area contributed by atoms with Crippen LogP contribution in [0.5, 0.6) is 5.75 Å². The lowest BCUT2D eigenvalue weighted by Crippen LogP contribution is -2.32. The number of alkyl halides is 3. The number of hydrogen-bond donors (Lipinski definition) is 1. The third-order valence-corrected chi connectivity index (χ3v) is 8.80. The Hall–Kier alpha value is -4.91. The van der Waals surface area contributed by atoms with Gasteiger partial charge in [-0.15, -0.1) is 18.3 Å².